The minimum atomic E-state index is -0.278. The number of hydrogen-bond acceptors (Lipinski definition) is 5. The second kappa shape index (κ2) is 6.17. The van der Waals surface area contributed by atoms with Crippen molar-refractivity contribution in [3.05, 3.63) is 29.8 Å². The predicted molar refractivity (Wildman–Crippen MR) is 74.6 cm³/mol. The van der Waals surface area contributed by atoms with Gasteiger partial charge in [0.25, 0.3) is 0 Å². The van der Waals surface area contributed by atoms with Gasteiger partial charge in [0.1, 0.15) is 5.88 Å². The first-order valence-corrected chi connectivity index (χ1v) is 7.28. The molecule has 2 aromatic rings. The van der Waals surface area contributed by atoms with Crippen LogP contribution in [0, 0.1) is 6.92 Å². The number of alkyl halides is 1. The van der Waals surface area contributed by atoms with Gasteiger partial charge in [-0.3, -0.25) is 10.1 Å². The molecule has 0 radical (unpaired) electrons. The lowest BCUT2D eigenvalue weighted by Crippen LogP contribution is -2.12. The molecule has 0 aliphatic carbocycles. The smallest absolute Gasteiger partial charge is 0.241 e. The first-order valence-electron chi connectivity index (χ1n) is 5.11. The molecule has 1 heterocycles. The molecule has 0 spiro atoms. The van der Waals surface area contributed by atoms with Crippen molar-refractivity contribution in [3.8, 4) is 0 Å². The van der Waals surface area contributed by atoms with Gasteiger partial charge in [-0.15, -0.1) is 21.8 Å². The Balaban J connectivity index is 2.04. The summed E-state index contributed by atoms with van der Waals surface area (Å²) < 4.78 is 0.783. The first kappa shape index (κ1) is 13.3. The molecule has 0 unspecified atom stereocenters. The number of aryl methyl sites for hydroxylation is 1. The highest BCUT2D eigenvalue weighted by Crippen LogP contribution is 2.32. The van der Waals surface area contributed by atoms with E-state index in [0.29, 0.717) is 5.13 Å². The maximum Gasteiger partial charge on any atom is 0.241 e. The lowest BCUT2D eigenvalue weighted by molar-refractivity contribution is -0.113. The van der Waals surface area contributed by atoms with Crippen molar-refractivity contribution in [3.63, 3.8) is 0 Å². The number of aromatic nitrogens is 2. The van der Waals surface area contributed by atoms with E-state index in [0.717, 1.165) is 9.24 Å². The molecule has 1 N–H and O–H groups in total. The zero-order valence-electron chi connectivity index (χ0n) is 9.51. The van der Waals surface area contributed by atoms with Gasteiger partial charge in [0, 0.05) is 4.90 Å². The second-order valence-corrected chi connectivity index (χ2v) is 6.04. The Morgan fingerprint density at radius 2 is 2.33 bits per heavy atom. The van der Waals surface area contributed by atoms with E-state index in [2.05, 4.69) is 21.6 Å². The quantitative estimate of drug-likeness (QED) is 0.696. The number of nitrogens with zero attached hydrogens (tertiary/aromatic N) is 2. The molecular formula is C11H10ClN3OS2. The van der Waals surface area contributed by atoms with E-state index in [-0.39, 0.29) is 11.8 Å². The highest BCUT2D eigenvalue weighted by atomic mass is 35.5. The van der Waals surface area contributed by atoms with E-state index in [1.807, 2.05) is 25.1 Å². The monoisotopic (exact) mass is 299 g/mol. The normalized spacial score (nSPS) is 10.3. The van der Waals surface area contributed by atoms with E-state index in [1.165, 1.54) is 28.7 Å². The third-order valence-corrected chi connectivity index (χ3v) is 4.09. The Morgan fingerprint density at radius 1 is 1.50 bits per heavy atom. The zero-order chi connectivity index (χ0) is 13.0. The van der Waals surface area contributed by atoms with Gasteiger partial charge >= 0.3 is 0 Å². The van der Waals surface area contributed by atoms with Crippen LogP contribution in [0.1, 0.15) is 5.56 Å². The average molecular weight is 300 g/mol. The van der Waals surface area contributed by atoms with E-state index < -0.39 is 0 Å². The minimum absolute atomic E-state index is 0.0834. The van der Waals surface area contributed by atoms with Crippen molar-refractivity contribution in [2.24, 2.45) is 0 Å². The second-order valence-electron chi connectivity index (χ2n) is 3.47. The molecule has 18 heavy (non-hydrogen) atoms. The van der Waals surface area contributed by atoms with Crippen LogP contribution in [-0.4, -0.2) is 22.0 Å². The zero-order valence-corrected chi connectivity index (χ0v) is 11.9. The topological polar surface area (TPSA) is 54.9 Å². The number of nitrogens with one attached hydrogen (secondary N) is 1. The van der Waals surface area contributed by atoms with Crippen molar-refractivity contribution >= 4 is 45.7 Å². The molecule has 94 valence electrons. The van der Waals surface area contributed by atoms with Crippen LogP contribution in [0.25, 0.3) is 0 Å². The van der Waals surface area contributed by atoms with Gasteiger partial charge in [-0.1, -0.05) is 40.8 Å². The molecule has 2 rings (SSSR count). The van der Waals surface area contributed by atoms with Gasteiger partial charge in [0.2, 0.25) is 11.0 Å². The fourth-order valence-corrected chi connectivity index (χ4v) is 3.16. The molecular weight excluding hydrogens is 290 g/mol. The van der Waals surface area contributed by atoms with Gasteiger partial charge in [0.15, 0.2) is 4.34 Å². The van der Waals surface area contributed by atoms with Crippen molar-refractivity contribution in [1.29, 1.82) is 0 Å². The minimum Gasteiger partial charge on any atom is -0.299 e. The van der Waals surface area contributed by atoms with Gasteiger partial charge < -0.3 is 0 Å². The molecule has 0 saturated carbocycles. The maximum absolute atomic E-state index is 11.1. The number of carbonyl (C=O) groups excluding carboxylic acids is 1. The number of carbonyl (C=O) groups is 1. The molecule has 4 nitrogen and oxygen atoms in total. The van der Waals surface area contributed by atoms with Crippen molar-refractivity contribution in [2.45, 2.75) is 16.2 Å². The number of rotatable bonds is 4. The number of hydrogen-bond donors (Lipinski definition) is 1. The Hall–Kier alpha value is -1.11. The van der Waals surface area contributed by atoms with Crippen LogP contribution < -0.4 is 5.32 Å². The number of halogens is 1. The van der Waals surface area contributed by atoms with Crippen molar-refractivity contribution in [2.75, 3.05) is 11.2 Å². The Labute approximate surface area is 118 Å². The molecule has 0 aliphatic rings. The van der Waals surface area contributed by atoms with Gasteiger partial charge in [-0.25, -0.2) is 0 Å². The van der Waals surface area contributed by atoms with Crippen LogP contribution >= 0.6 is 34.7 Å². The number of anilines is 1. The lowest BCUT2D eigenvalue weighted by Gasteiger charge is -1.97. The Bertz CT molecular complexity index is 559. The maximum atomic E-state index is 11.1. The summed E-state index contributed by atoms with van der Waals surface area (Å²) in [6.07, 6.45) is 0. The highest BCUT2D eigenvalue weighted by Gasteiger charge is 2.08. The molecule has 1 amide bonds. The van der Waals surface area contributed by atoms with Crippen LogP contribution in [-0.2, 0) is 4.79 Å². The van der Waals surface area contributed by atoms with E-state index in [9.17, 15) is 4.79 Å². The van der Waals surface area contributed by atoms with E-state index in [1.54, 1.807) is 0 Å². The summed E-state index contributed by atoms with van der Waals surface area (Å²) in [5.74, 6) is -0.361. The molecule has 7 heteroatoms. The third kappa shape index (κ3) is 3.69. The average Bonchev–Trinajstić information content (AvgIpc) is 2.76. The van der Waals surface area contributed by atoms with E-state index in [4.69, 9.17) is 11.6 Å². The summed E-state index contributed by atoms with van der Waals surface area (Å²) in [6, 6.07) is 8.12. The molecule has 0 fully saturated rings. The predicted octanol–water partition coefficient (Wildman–Crippen LogP) is 3.18. The van der Waals surface area contributed by atoms with Crippen LogP contribution in [0.15, 0.2) is 33.5 Å². The largest absolute Gasteiger partial charge is 0.299 e. The first-order chi connectivity index (χ1) is 8.67. The summed E-state index contributed by atoms with van der Waals surface area (Å²) in [4.78, 5) is 12.2. The van der Waals surface area contributed by atoms with Gasteiger partial charge in [-0.05, 0) is 19.1 Å². The van der Waals surface area contributed by atoms with E-state index >= 15 is 0 Å². The molecule has 1 aromatic carbocycles. The fraction of sp³-hybridized carbons (Fsp3) is 0.182. The molecule has 1 aromatic heterocycles. The fourth-order valence-electron chi connectivity index (χ4n) is 1.23. The van der Waals surface area contributed by atoms with Gasteiger partial charge in [0.05, 0.1) is 0 Å². The Morgan fingerprint density at radius 3 is 3.06 bits per heavy atom. The summed E-state index contributed by atoms with van der Waals surface area (Å²) in [5, 5.41) is 10.9. The summed E-state index contributed by atoms with van der Waals surface area (Å²) in [5.41, 5.74) is 1.19. The molecule has 0 saturated heterocycles. The Kier molecular flexibility index (Phi) is 4.57. The molecule has 0 bridgehead atoms. The van der Waals surface area contributed by atoms with Crippen LogP contribution in [0.3, 0.4) is 0 Å². The summed E-state index contributed by atoms with van der Waals surface area (Å²) in [6.45, 7) is 2.04. The van der Waals surface area contributed by atoms with Crippen LogP contribution in [0.2, 0.25) is 0 Å². The van der Waals surface area contributed by atoms with Crippen LogP contribution in [0.4, 0.5) is 5.13 Å². The van der Waals surface area contributed by atoms with Gasteiger partial charge in [-0.2, -0.15) is 0 Å². The van der Waals surface area contributed by atoms with Crippen molar-refractivity contribution in [1.82, 2.24) is 10.2 Å². The molecule has 0 aliphatic heterocycles. The molecule has 0 atom stereocenters. The lowest BCUT2D eigenvalue weighted by atomic mass is 10.2. The number of benzene rings is 1. The summed E-state index contributed by atoms with van der Waals surface area (Å²) >= 11 is 8.24. The van der Waals surface area contributed by atoms with Crippen molar-refractivity contribution < 1.29 is 4.79 Å². The third-order valence-electron chi connectivity index (χ3n) is 1.97. The summed E-state index contributed by atoms with van der Waals surface area (Å²) in [7, 11) is 0. The SMILES string of the molecule is Cc1cccc(Sc2nnc(NC(=O)CCl)s2)c1. The number of amides is 1. The highest BCUT2D eigenvalue weighted by molar-refractivity contribution is 8.01. The standard InChI is InChI=1S/C11H10ClN3OS2/c1-7-3-2-4-8(5-7)17-11-15-14-10(18-11)13-9(16)6-12/h2-5H,6H2,1H3,(H,13,14,16). The van der Waals surface area contributed by atoms with Crippen LogP contribution in [0.5, 0.6) is 0 Å².